The minimum Gasteiger partial charge on any atom is -0.504 e. The molecule has 1 amide bonds. The van der Waals surface area contributed by atoms with E-state index in [2.05, 4.69) is 5.32 Å². The summed E-state index contributed by atoms with van der Waals surface area (Å²) in [5, 5.41) is 41.2. The average molecular weight is 301 g/mol. The van der Waals surface area contributed by atoms with Gasteiger partial charge in [0.15, 0.2) is 11.6 Å². The van der Waals surface area contributed by atoms with Crippen molar-refractivity contribution >= 4 is 5.91 Å². The first kappa shape index (κ1) is 14.2. The van der Waals surface area contributed by atoms with Crippen molar-refractivity contribution in [3.63, 3.8) is 0 Å². The molecule has 0 unspecified atom stereocenters. The Morgan fingerprint density at radius 3 is 2.48 bits per heavy atom. The zero-order valence-electron chi connectivity index (χ0n) is 10.6. The number of phenols is 1. The maximum Gasteiger partial charge on any atom is 0.255 e. The highest BCUT2D eigenvalue weighted by Crippen LogP contribution is 2.42. The van der Waals surface area contributed by atoms with Gasteiger partial charge in [-0.25, -0.2) is 8.78 Å². The summed E-state index contributed by atoms with van der Waals surface area (Å²) in [5.41, 5.74) is -0.794. The molecule has 0 saturated heterocycles. The topological polar surface area (TPSA) is 110 Å². The smallest absolute Gasteiger partial charge is 0.255 e. The molecule has 0 radical (unpaired) electrons. The number of aromatic hydroxyl groups is 1. The van der Waals surface area contributed by atoms with Crippen molar-refractivity contribution in [2.75, 3.05) is 0 Å². The number of carbonyl (C=O) groups is 1. The van der Waals surface area contributed by atoms with E-state index in [9.17, 15) is 34.0 Å². The second-order valence-corrected chi connectivity index (χ2v) is 5.37. The molecule has 2 aliphatic rings. The second kappa shape index (κ2) is 4.62. The van der Waals surface area contributed by atoms with Gasteiger partial charge < -0.3 is 25.7 Å². The predicted molar refractivity (Wildman–Crippen MR) is 64.7 cm³/mol. The number of hydrogen-bond acceptors (Lipinski definition) is 5. The number of halogens is 2. The first-order valence-electron chi connectivity index (χ1n) is 6.38. The lowest BCUT2D eigenvalue weighted by Crippen LogP contribution is -2.61. The first-order chi connectivity index (χ1) is 9.82. The lowest BCUT2D eigenvalue weighted by molar-refractivity contribution is -0.105. The van der Waals surface area contributed by atoms with Crippen LogP contribution in [0.2, 0.25) is 0 Å². The molecule has 1 aliphatic carbocycles. The fourth-order valence-corrected chi connectivity index (χ4v) is 3.15. The Balaban J connectivity index is 2.18. The molecule has 1 heterocycles. The van der Waals surface area contributed by atoms with E-state index in [-0.39, 0.29) is 12.0 Å². The van der Waals surface area contributed by atoms with Crippen molar-refractivity contribution in [1.29, 1.82) is 0 Å². The van der Waals surface area contributed by atoms with Crippen molar-refractivity contribution < 1.29 is 34.0 Å². The Kier molecular flexibility index (Phi) is 3.12. The number of carbonyl (C=O) groups excluding carboxylic acids is 1. The Hall–Kier alpha value is -1.77. The van der Waals surface area contributed by atoms with Gasteiger partial charge in [-0.2, -0.15) is 0 Å². The summed E-state index contributed by atoms with van der Waals surface area (Å²) in [6.45, 7) is 0. The standard InChI is InChI=1S/C13H13F2NO5/c14-4-2-5(15)10(18)8-7(4)3-1-6(17)11(19)12(20)9(3)16-13(8)21/h2-3,6,9,11-12,17-20H,1H2,(H,16,21)/t3-,6+,9-,11-,12+/m1/s1. The van der Waals surface area contributed by atoms with E-state index in [4.69, 9.17) is 0 Å². The molecule has 0 bridgehead atoms. The molecule has 21 heavy (non-hydrogen) atoms. The summed E-state index contributed by atoms with van der Waals surface area (Å²) < 4.78 is 27.4. The third kappa shape index (κ3) is 1.90. The zero-order valence-corrected chi connectivity index (χ0v) is 10.6. The third-order valence-electron chi connectivity index (χ3n) is 4.18. The third-order valence-corrected chi connectivity index (χ3v) is 4.18. The van der Waals surface area contributed by atoms with Gasteiger partial charge in [-0.3, -0.25) is 4.79 Å². The van der Waals surface area contributed by atoms with E-state index in [1.54, 1.807) is 0 Å². The summed E-state index contributed by atoms with van der Waals surface area (Å²) in [7, 11) is 0. The van der Waals surface area contributed by atoms with Gasteiger partial charge in [0.1, 0.15) is 18.0 Å². The lowest BCUT2D eigenvalue weighted by atomic mass is 9.72. The van der Waals surface area contributed by atoms with E-state index in [1.807, 2.05) is 0 Å². The van der Waals surface area contributed by atoms with Crippen molar-refractivity contribution in [2.24, 2.45) is 0 Å². The van der Waals surface area contributed by atoms with E-state index in [1.165, 1.54) is 0 Å². The Morgan fingerprint density at radius 2 is 1.81 bits per heavy atom. The molecular formula is C13H13F2NO5. The number of hydrogen-bond donors (Lipinski definition) is 5. The summed E-state index contributed by atoms with van der Waals surface area (Å²) >= 11 is 0. The van der Waals surface area contributed by atoms with Crippen LogP contribution in [0.4, 0.5) is 8.78 Å². The van der Waals surface area contributed by atoms with Gasteiger partial charge in [-0.1, -0.05) is 0 Å². The highest BCUT2D eigenvalue weighted by molar-refractivity contribution is 6.00. The van der Waals surface area contributed by atoms with Crippen LogP contribution < -0.4 is 5.32 Å². The van der Waals surface area contributed by atoms with Crippen LogP contribution in [-0.2, 0) is 0 Å². The van der Waals surface area contributed by atoms with Gasteiger partial charge in [-0.05, 0) is 6.42 Å². The molecule has 6 nitrogen and oxygen atoms in total. The average Bonchev–Trinajstić information content (AvgIpc) is 2.42. The molecule has 5 N–H and O–H groups in total. The molecule has 1 saturated carbocycles. The highest BCUT2D eigenvalue weighted by atomic mass is 19.1. The molecule has 0 spiro atoms. The number of amides is 1. The normalized spacial score (nSPS) is 34.9. The molecule has 1 aromatic rings. The summed E-state index contributed by atoms with van der Waals surface area (Å²) in [6.07, 6.45) is -4.44. The molecular weight excluding hydrogens is 288 g/mol. The first-order valence-corrected chi connectivity index (χ1v) is 6.38. The van der Waals surface area contributed by atoms with Gasteiger partial charge >= 0.3 is 0 Å². The van der Waals surface area contributed by atoms with Crippen LogP contribution in [0, 0.1) is 11.6 Å². The second-order valence-electron chi connectivity index (χ2n) is 5.37. The molecule has 0 aromatic heterocycles. The van der Waals surface area contributed by atoms with Gasteiger partial charge in [-0.15, -0.1) is 0 Å². The van der Waals surface area contributed by atoms with Crippen molar-refractivity contribution in [3.8, 4) is 5.75 Å². The van der Waals surface area contributed by atoms with Crippen molar-refractivity contribution in [3.05, 3.63) is 28.8 Å². The van der Waals surface area contributed by atoms with Crippen LogP contribution in [0.1, 0.15) is 28.3 Å². The maximum atomic E-state index is 14.1. The number of nitrogens with one attached hydrogen (secondary N) is 1. The quantitative estimate of drug-likeness (QED) is 0.437. The van der Waals surface area contributed by atoms with Crippen molar-refractivity contribution in [1.82, 2.24) is 5.32 Å². The number of aliphatic hydroxyl groups excluding tert-OH is 3. The molecule has 1 aromatic carbocycles. The number of benzene rings is 1. The van der Waals surface area contributed by atoms with Gasteiger partial charge in [0.05, 0.1) is 17.7 Å². The number of phenolic OH excluding ortho intramolecular Hbond substituents is 1. The molecule has 114 valence electrons. The largest absolute Gasteiger partial charge is 0.504 e. The highest BCUT2D eigenvalue weighted by Gasteiger charge is 2.49. The molecule has 5 atom stereocenters. The SMILES string of the molecule is O=C1N[C@H]2[C@H](O)[C@H](O)[C@@H](O)C[C@@H]2c2c(F)cc(F)c(O)c21. The zero-order chi connectivity index (χ0) is 15.5. The lowest BCUT2D eigenvalue weighted by Gasteiger charge is -2.44. The van der Waals surface area contributed by atoms with Crippen LogP contribution in [-0.4, -0.2) is 50.7 Å². The van der Waals surface area contributed by atoms with E-state index < -0.39 is 59.1 Å². The van der Waals surface area contributed by atoms with Gasteiger partial charge in [0.2, 0.25) is 0 Å². The monoisotopic (exact) mass is 301 g/mol. The van der Waals surface area contributed by atoms with E-state index in [0.29, 0.717) is 6.07 Å². The van der Waals surface area contributed by atoms with Crippen molar-refractivity contribution in [2.45, 2.75) is 36.7 Å². The minimum atomic E-state index is -1.50. The molecule has 3 rings (SSSR count). The molecule has 1 aliphatic heterocycles. The van der Waals surface area contributed by atoms with Crippen LogP contribution in [0.25, 0.3) is 0 Å². The fraction of sp³-hybridized carbons (Fsp3) is 0.462. The van der Waals surface area contributed by atoms with Gasteiger partial charge in [0.25, 0.3) is 5.91 Å². The minimum absolute atomic E-state index is 0.141. The van der Waals surface area contributed by atoms with Crippen LogP contribution in [0.3, 0.4) is 0 Å². The fourth-order valence-electron chi connectivity index (χ4n) is 3.15. The van der Waals surface area contributed by atoms with Crippen LogP contribution >= 0.6 is 0 Å². The van der Waals surface area contributed by atoms with E-state index >= 15 is 0 Å². The summed E-state index contributed by atoms with van der Waals surface area (Å²) in [5.74, 6) is -5.10. The molecule has 1 fully saturated rings. The Morgan fingerprint density at radius 1 is 1.14 bits per heavy atom. The van der Waals surface area contributed by atoms with Crippen LogP contribution in [0.15, 0.2) is 6.07 Å². The maximum absolute atomic E-state index is 14.1. The van der Waals surface area contributed by atoms with E-state index in [0.717, 1.165) is 0 Å². The van der Waals surface area contributed by atoms with Gasteiger partial charge in [0, 0.05) is 17.5 Å². The number of rotatable bonds is 0. The van der Waals surface area contributed by atoms with Crippen LogP contribution in [0.5, 0.6) is 5.75 Å². The Bertz CT molecular complexity index is 623. The number of aliphatic hydroxyl groups is 3. The summed E-state index contributed by atoms with van der Waals surface area (Å²) in [4.78, 5) is 11.9. The number of fused-ring (bicyclic) bond motifs is 3. The Labute approximate surface area is 117 Å². The molecule has 8 heteroatoms. The summed E-state index contributed by atoms with van der Waals surface area (Å²) in [6, 6.07) is -0.573. The predicted octanol–water partition coefficient (Wildman–Crippen LogP) is -0.648.